The van der Waals surface area contributed by atoms with Crippen LogP contribution in [0.1, 0.15) is 30.3 Å². The van der Waals surface area contributed by atoms with E-state index in [0.29, 0.717) is 12.2 Å². The minimum absolute atomic E-state index is 0.151. The molecule has 0 saturated carbocycles. The van der Waals surface area contributed by atoms with Crippen LogP contribution in [0.25, 0.3) is 11.4 Å². The molecular weight excluding hydrogens is 342 g/mol. The maximum atomic E-state index is 14.0. The molecule has 26 heavy (non-hydrogen) atoms. The summed E-state index contributed by atoms with van der Waals surface area (Å²) in [5.74, 6) is -0.961. The third-order valence-corrected chi connectivity index (χ3v) is 4.38. The number of likely N-dealkylation sites (tertiary alicyclic amines) is 1. The van der Waals surface area contributed by atoms with Crippen LogP contribution in [0.3, 0.4) is 0 Å². The molecule has 132 valence electrons. The SMILES string of the molecule is O=C1CCC(c2nc(-c3ccncc3)no2)N1Cc1c(F)cccc1F. The number of halogens is 2. The normalized spacial score (nSPS) is 17.1. The van der Waals surface area contributed by atoms with E-state index in [9.17, 15) is 13.6 Å². The number of carbonyl (C=O) groups is 1. The van der Waals surface area contributed by atoms with E-state index in [2.05, 4.69) is 15.1 Å². The number of carbonyl (C=O) groups excluding carboxylic acids is 1. The number of rotatable bonds is 4. The Hall–Kier alpha value is -3.16. The van der Waals surface area contributed by atoms with Gasteiger partial charge in [0, 0.05) is 29.9 Å². The minimum atomic E-state index is -0.688. The van der Waals surface area contributed by atoms with Gasteiger partial charge in [-0.05, 0) is 30.7 Å². The number of nitrogens with zero attached hydrogens (tertiary/aromatic N) is 4. The fourth-order valence-electron chi connectivity index (χ4n) is 3.03. The van der Waals surface area contributed by atoms with Gasteiger partial charge in [0.2, 0.25) is 17.6 Å². The molecule has 3 heterocycles. The minimum Gasteiger partial charge on any atom is -0.337 e. The van der Waals surface area contributed by atoms with Gasteiger partial charge >= 0.3 is 0 Å². The second kappa shape index (κ2) is 6.62. The van der Waals surface area contributed by atoms with Crippen molar-refractivity contribution in [3.63, 3.8) is 0 Å². The van der Waals surface area contributed by atoms with Gasteiger partial charge in [0.15, 0.2) is 0 Å². The third-order valence-electron chi connectivity index (χ3n) is 4.38. The molecule has 1 aromatic carbocycles. The molecule has 1 aliphatic rings. The monoisotopic (exact) mass is 356 g/mol. The van der Waals surface area contributed by atoms with Gasteiger partial charge in [0.1, 0.15) is 17.7 Å². The molecule has 0 radical (unpaired) electrons. The molecular formula is C18H14F2N4O2. The van der Waals surface area contributed by atoms with E-state index >= 15 is 0 Å². The first-order valence-electron chi connectivity index (χ1n) is 8.10. The van der Waals surface area contributed by atoms with E-state index in [0.717, 1.165) is 5.56 Å². The first-order chi connectivity index (χ1) is 12.6. The van der Waals surface area contributed by atoms with Crippen molar-refractivity contribution in [2.75, 3.05) is 0 Å². The number of aromatic nitrogens is 3. The Morgan fingerprint density at radius 3 is 2.62 bits per heavy atom. The predicted molar refractivity (Wildman–Crippen MR) is 86.4 cm³/mol. The zero-order valence-electron chi connectivity index (χ0n) is 13.6. The van der Waals surface area contributed by atoms with Gasteiger partial charge in [-0.2, -0.15) is 4.98 Å². The average Bonchev–Trinajstić information content (AvgIpc) is 3.26. The van der Waals surface area contributed by atoms with Crippen molar-refractivity contribution in [1.82, 2.24) is 20.0 Å². The number of pyridine rings is 1. The smallest absolute Gasteiger partial charge is 0.249 e. The summed E-state index contributed by atoms with van der Waals surface area (Å²) >= 11 is 0. The van der Waals surface area contributed by atoms with Crippen LogP contribution in [-0.4, -0.2) is 25.9 Å². The van der Waals surface area contributed by atoms with E-state index in [1.54, 1.807) is 24.5 Å². The summed E-state index contributed by atoms with van der Waals surface area (Å²) in [5.41, 5.74) is 0.577. The van der Waals surface area contributed by atoms with Gasteiger partial charge in [-0.3, -0.25) is 9.78 Å². The molecule has 1 atom stereocenters. The van der Waals surface area contributed by atoms with Crippen LogP contribution in [0.2, 0.25) is 0 Å². The Morgan fingerprint density at radius 2 is 1.88 bits per heavy atom. The lowest BCUT2D eigenvalue weighted by atomic mass is 10.1. The zero-order valence-corrected chi connectivity index (χ0v) is 13.6. The predicted octanol–water partition coefficient (Wildman–Crippen LogP) is 3.27. The van der Waals surface area contributed by atoms with Crippen molar-refractivity contribution in [3.05, 3.63) is 65.8 Å². The van der Waals surface area contributed by atoms with Gasteiger partial charge < -0.3 is 9.42 Å². The van der Waals surface area contributed by atoms with Crippen LogP contribution in [0.5, 0.6) is 0 Å². The Balaban J connectivity index is 1.62. The first-order valence-corrected chi connectivity index (χ1v) is 8.10. The molecule has 4 rings (SSSR count). The highest BCUT2D eigenvalue weighted by Gasteiger charge is 2.36. The molecule has 1 unspecified atom stereocenters. The first kappa shape index (κ1) is 16.3. The van der Waals surface area contributed by atoms with Gasteiger partial charge in [0.05, 0.1) is 6.54 Å². The summed E-state index contributed by atoms with van der Waals surface area (Å²) in [5, 5.41) is 3.93. The molecule has 1 amide bonds. The van der Waals surface area contributed by atoms with Crippen LogP contribution in [0.15, 0.2) is 47.2 Å². The standard InChI is InChI=1S/C18H14F2N4O2/c19-13-2-1-3-14(20)12(13)10-24-15(4-5-16(24)25)18-22-17(23-26-18)11-6-8-21-9-7-11/h1-3,6-9,15H,4-5,10H2. The highest BCUT2D eigenvalue weighted by molar-refractivity contribution is 5.78. The average molecular weight is 356 g/mol. The Labute approximate surface area is 147 Å². The Kier molecular flexibility index (Phi) is 4.16. The molecule has 1 fully saturated rings. The number of benzene rings is 1. The van der Waals surface area contributed by atoms with Crippen LogP contribution in [0.4, 0.5) is 8.78 Å². The van der Waals surface area contributed by atoms with E-state index in [1.165, 1.54) is 23.1 Å². The lowest BCUT2D eigenvalue weighted by Gasteiger charge is -2.22. The Morgan fingerprint density at radius 1 is 1.15 bits per heavy atom. The van der Waals surface area contributed by atoms with Crippen molar-refractivity contribution in [1.29, 1.82) is 0 Å². The molecule has 3 aromatic rings. The summed E-state index contributed by atoms with van der Waals surface area (Å²) in [6.45, 7) is -0.186. The molecule has 6 nitrogen and oxygen atoms in total. The van der Waals surface area contributed by atoms with E-state index in [4.69, 9.17) is 4.52 Å². The van der Waals surface area contributed by atoms with Crippen molar-refractivity contribution >= 4 is 5.91 Å². The van der Waals surface area contributed by atoms with Crippen LogP contribution < -0.4 is 0 Å². The van der Waals surface area contributed by atoms with Gasteiger partial charge in [-0.15, -0.1) is 0 Å². The van der Waals surface area contributed by atoms with E-state index in [-0.39, 0.29) is 30.3 Å². The number of amides is 1. The second-order valence-corrected chi connectivity index (χ2v) is 5.97. The molecule has 0 bridgehead atoms. The summed E-state index contributed by atoms with van der Waals surface area (Å²) in [7, 11) is 0. The molecule has 1 saturated heterocycles. The van der Waals surface area contributed by atoms with Crippen molar-refractivity contribution in [3.8, 4) is 11.4 Å². The topological polar surface area (TPSA) is 72.1 Å². The molecule has 1 aliphatic heterocycles. The van der Waals surface area contributed by atoms with Gasteiger partial charge in [-0.1, -0.05) is 11.2 Å². The lowest BCUT2D eigenvalue weighted by Crippen LogP contribution is -2.28. The highest BCUT2D eigenvalue weighted by Crippen LogP contribution is 2.34. The molecule has 0 aliphatic carbocycles. The van der Waals surface area contributed by atoms with Crippen molar-refractivity contribution in [2.24, 2.45) is 0 Å². The van der Waals surface area contributed by atoms with Gasteiger partial charge in [0.25, 0.3) is 0 Å². The molecule has 0 N–H and O–H groups in total. The van der Waals surface area contributed by atoms with Crippen molar-refractivity contribution < 1.29 is 18.1 Å². The quantitative estimate of drug-likeness (QED) is 0.717. The zero-order chi connectivity index (χ0) is 18.1. The second-order valence-electron chi connectivity index (χ2n) is 5.97. The van der Waals surface area contributed by atoms with Gasteiger partial charge in [-0.25, -0.2) is 8.78 Å². The van der Waals surface area contributed by atoms with Crippen LogP contribution in [0, 0.1) is 11.6 Å². The largest absolute Gasteiger partial charge is 0.337 e. The molecule has 8 heteroatoms. The Bertz CT molecular complexity index is 925. The van der Waals surface area contributed by atoms with E-state index in [1.807, 2.05) is 0 Å². The summed E-state index contributed by atoms with van der Waals surface area (Å²) in [6, 6.07) is 6.59. The summed E-state index contributed by atoms with van der Waals surface area (Å²) < 4.78 is 33.2. The van der Waals surface area contributed by atoms with Crippen LogP contribution >= 0.6 is 0 Å². The van der Waals surface area contributed by atoms with Crippen LogP contribution in [-0.2, 0) is 11.3 Å². The summed E-state index contributed by atoms with van der Waals surface area (Å²) in [6.07, 6.45) is 3.93. The maximum absolute atomic E-state index is 14.0. The molecule has 0 spiro atoms. The highest BCUT2D eigenvalue weighted by atomic mass is 19.1. The van der Waals surface area contributed by atoms with Crippen molar-refractivity contribution in [2.45, 2.75) is 25.4 Å². The summed E-state index contributed by atoms with van der Waals surface area (Å²) in [4.78, 5) is 21.9. The number of hydrogen-bond acceptors (Lipinski definition) is 5. The number of hydrogen-bond donors (Lipinski definition) is 0. The fourth-order valence-corrected chi connectivity index (χ4v) is 3.03. The fraction of sp³-hybridized carbons (Fsp3) is 0.222. The van der Waals surface area contributed by atoms with E-state index < -0.39 is 17.7 Å². The third kappa shape index (κ3) is 2.94. The maximum Gasteiger partial charge on any atom is 0.249 e. The molecule has 2 aromatic heterocycles. The lowest BCUT2D eigenvalue weighted by molar-refractivity contribution is -0.130.